The maximum Gasteiger partial charge on any atom is 0.0597 e. The minimum Gasteiger partial charge on any atom is -0.309 e. The van der Waals surface area contributed by atoms with Crippen LogP contribution in [0.2, 0.25) is 0 Å². The van der Waals surface area contributed by atoms with Crippen molar-refractivity contribution in [1.82, 2.24) is 15.1 Å². The molecular formula is C15H29N3. The van der Waals surface area contributed by atoms with Gasteiger partial charge in [0.1, 0.15) is 0 Å². The Bertz CT molecular complexity index is 344. The van der Waals surface area contributed by atoms with E-state index in [0.29, 0.717) is 6.04 Å². The molecule has 0 fully saturated rings. The van der Waals surface area contributed by atoms with E-state index in [4.69, 9.17) is 0 Å². The predicted molar refractivity (Wildman–Crippen MR) is 77.7 cm³/mol. The first-order valence-corrected chi connectivity index (χ1v) is 7.32. The molecule has 0 saturated heterocycles. The zero-order chi connectivity index (χ0) is 13.5. The molecule has 1 heterocycles. The maximum atomic E-state index is 4.47. The van der Waals surface area contributed by atoms with Gasteiger partial charge in [0.05, 0.1) is 11.4 Å². The van der Waals surface area contributed by atoms with Gasteiger partial charge in [-0.25, -0.2) is 0 Å². The van der Waals surface area contributed by atoms with E-state index in [9.17, 15) is 0 Å². The fourth-order valence-corrected chi connectivity index (χ4v) is 2.60. The Kier molecular flexibility index (Phi) is 6.41. The lowest BCUT2D eigenvalue weighted by molar-refractivity contribution is 0.376. The van der Waals surface area contributed by atoms with Gasteiger partial charge in [-0.05, 0) is 38.3 Å². The Morgan fingerprint density at radius 3 is 2.56 bits per heavy atom. The van der Waals surface area contributed by atoms with E-state index in [0.717, 1.165) is 18.2 Å². The largest absolute Gasteiger partial charge is 0.309 e. The van der Waals surface area contributed by atoms with Crippen molar-refractivity contribution in [2.75, 3.05) is 6.54 Å². The van der Waals surface area contributed by atoms with Crippen molar-refractivity contribution in [3.05, 3.63) is 17.5 Å². The number of aryl methyl sites for hydroxylation is 2. The van der Waals surface area contributed by atoms with Gasteiger partial charge in [0, 0.05) is 13.1 Å². The lowest BCUT2D eigenvalue weighted by Gasteiger charge is -2.22. The summed E-state index contributed by atoms with van der Waals surface area (Å²) in [4.78, 5) is 0. The van der Waals surface area contributed by atoms with E-state index in [-0.39, 0.29) is 0 Å². The van der Waals surface area contributed by atoms with Crippen LogP contribution in [0.1, 0.15) is 63.9 Å². The van der Waals surface area contributed by atoms with Crippen LogP contribution >= 0.6 is 0 Å². The van der Waals surface area contributed by atoms with Gasteiger partial charge in [-0.2, -0.15) is 5.10 Å². The van der Waals surface area contributed by atoms with Crippen molar-refractivity contribution < 1.29 is 0 Å². The summed E-state index contributed by atoms with van der Waals surface area (Å²) in [7, 11) is 2.05. The lowest BCUT2D eigenvalue weighted by Crippen LogP contribution is -2.26. The van der Waals surface area contributed by atoms with Crippen LogP contribution in [0.4, 0.5) is 0 Å². The quantitative estimate of drug-likeness (QED) is 0.765. The second-order valence-corrected chi connectivity index (χ2v) is 5.47. The summed E-state index contributed by atoms with van der Waals surface area (Å²) in [5.41, 5.74) is 2.43. The third-order valence-corrected chi connectivity index (χ3v) is 3.46. The minimum atomic E-state index is 0.442. The first-order valence-electron chi connectivity index (χ1n) is 7.32. The minimum absolute atomic E-state index is 0.442. The molecule has 104 valence electrons. The lowest BCUT2D eigenvalue weighted by atomic mass is 9.95. The third kappa shape index (κ3) is 4.45. The highest BCUT2D eigenvalue weighted by Gasteiger charge is 2.18. The average Bonchev–Trinajstić information content (AvgIpc) is 2.64. The Balaban J connectivity index is 2.74. The van der Waals surface area contributed by atoms with Crippen LogP contribution in [0.3, 0.4) is 0 Å². The van der Waals surface area contributed by atoms with Gasteiger partial charge >= 0.3 is 0 Å². The van der Waals surface area contributed by atoms with E-state index in [1.807, 2.05) is 11.7 Å². The van der Waals surface area contributed by atoms with Gasteiger partial charge in [-0.15, -0.1) is 0 Å². The van der Waals surface area contributed by atoms with Crippen LogP contribution in [0.5, 0.6) is 0 Å². The first-order chi connectivity index (χ1) is 8.58. The molecule has 0 aliphatic carbocycles. The van der Waals surface area contributed by atoms with Gasteiger partial charge in [-0.1, -0.05) is 33.6 Å². The summed E-state index contributed by atoms with van der Waals surface area (Å²) < 4.78 is 2.03. The zero-order valence-electron chi connectivity index (χ0n) is 12.7. The molecule has 1 aromatic heterocycles. The molecular weight excluding hydrogens is 222 g/mol. The topological polar surface area (TPSA) is 29.9 Å². The van der Waals surface area contributed by atoms with Crippen molar-refractivity contribution in [1.29, 1.82) is 0 Å². The van der Waals surface area contributed by atoms with E-state index in [1.165, 1.54) is 31.4 Å². The molecule has 0 radical (unpaired) electrons. The highest BCUT2D eigenvalue weighted by molar-refractivity contribution is 5.13. The molecule has 2 atom stereocenters. The predicted octanol–water partition coefficient (Wildman–Crippen LogP) is 3.60. The van der Waals surface area contributed by atoms with E-state index < -0.39 is 0 Å². The number of nitrogens with one attached hydrogen (secondary N) is 1. The average molecular weight is 251 g/mol. The normalized spacial score (nSPS) is 14.7. The fraction of sp³-hybridized carbons (Fsp3) is 0.800. The number of hydrogen-bond acceptors (Lipinski definition) is 2. The molecule has 0 spiro atoms. The Morgan fingerprint density at radius 1 is 1.33 bits per heavy atom. The molecule has 1 aromatic rings. The molecule has 0 saturated carbocycles. The summed E-state index contributed by atoms with van der Waals surface area (Å²) in [5, 5.41) is 8.14. The van der Waals surface area contributed by atoms with Crippen molar-refractivity contribution in [2.24, 2.45) is 13.0 Å². The van der Waals surface area contributed by atoms with Gasteiger partial charge in [0.25, 0.3) is 0 Å². The van der Waals surface area contributed by atoms with Crippen molar-refractivity contribution in [2.45, 2.75) is 59.4 Å². The van der Waals surface area contributed by atoms with Gasteiger partial charge in [-0.3, -0.25) is 4.68 Å². The maximum absolute atomic E-state index is 4.47. The molecule has 0 aromatic carbocycles. The molecule has 0 aliphatic heterocycles. The highest BCUT2D eigenvalue weighted by atomic mass is 15.3. The van der Waals surface area contributed by atoms with Crippen molar-refractivity contribution >= 4 is 0 Å². The summed E-state index contributed by atoms with van der Waals surface area (Å²) >= 11 is 0. The summed E-state index contributed by atoms with van der Waals surface area (Å²) in [5.74, 6) is 0.763. The monoisotopic (exact) mass is 251 g/mol. The van der Waals surface area contributed by atoms with Gasteiger partial charge in [0.2, 0.25) is 0 Å². The number of nitrogens with zero attached hydrogens (tertiary/aromatic N) is 2. The summed E-state index contributed by atoms with van der Waals surface area (Å²) in [6.45, 7) is 9.98. The smallest absolute Gasteiger partial charge is 0.0597 e. The van der Waals surface area contributed by atoms with Crippen molar-refractivity contribution in [3.8, 4) is 0 Å². The standard InChI is InChI=1S/C15H29N3/c1-6-8-12(3)10-14(16-9-7-2)15-11-13(4)17-18(15)5/h11-12,14,16H,6-10H2,1-5H3. The summed E-state index contributed by atoms with van der Waals surface area (Å²) in [6, 6.07) is 2.66. The van der Waals surface area contributed by atoms with Crippen LogP contribution < -0.4 is 5.32 Å². The van der Waals surface area contributed by atoms with Crippen LogP contribution in [0, 0.1) is 12.8 Å². The van der Waals surface area contributed by atoms with Crippen molar-refractivity contribution in [3.63, 3.8) is 0 Å². The molecule has 0 aliphatic rings. The fourth-order valence-electron chi connectivity index (χ4n) is 2.60. The van der Waals surface area contributed by atoms with Crippen LogP contribution in [0.15, 0.2) is 6.07 Å². The Morgan fingerprint density at radius 2 is 2.06 bits per heavy atom. The van der Waals surface area contributed by atoms with E-state index in [1.54, 1.807) is 0 Å². The molecule has 0 amide bonds. The molecule has 1 rings (SSSR count). The Labute approximate surface area is 112 Å². The SMILES string of the molecule is CCCNC(CC(C)CCC)c1cc(C)nn1C. The first kappa shape index (κ1) is 15.2. The van der Waals surface area contributed by atoms with E-state index >= 15 is 0 Å². The van der Waals surface area contributed by atoms with Crippen LogP contribution in [0.25, 0.3) is 0 Å². The van der Waals surface area contributed by atoms with Crippen LogP contribution in [-0.2, 0) is 7.05 Å². The third-order valence-electron chi connectivity index (χ3n) is 3.46. The second kappa shape index (κ2) is 7.57. The molecule has 1 N–H and O–H groups in total. The van der Waals surface area contributed by atoms with Crippen LogP contribution in [-0.4, -0.2) is 16.3 Å². The molecule has 18 heavy (non-hydrogen) atoms. The molecule has 3 nitrogen and oxygen atoms in total. The van der Waals surface area contributed by atoms with Gasteiger partial charge < -0.3 is 5.32 Å². The zero-order valence-corrected chi connectivity index (χ0v) is 12.7. The van der Waals surface area contributed by atoms with Gasteiger partial charge in [0.15, 0.2) is 0 Å². The highest BCUT2D eigenvalue weighted by Crippen LogP contribution is 2.24. The molecule has 2 unspecified atom stereocenters. The second-order valence-electron chi connectivity index (χ2n) is 5.47. The molecule has 3 heteroatoms. The number of rotatable bonds is 8. The number of hydrogen-bond donors (Lipinski definition) is 1. The number of aromatic nitrogens is 2. The van der Waals surface area contributed by atoms with E-state index in [2.05, 4.69) is 44.2 Å². The molecule has 0 bridgehead atoms. The Hall–Kier alpha value is -0.830. The summed E-state index contributed by atoms with van der Waals surface area (Å²) in [6.07, 6.45) is 4.95.